The summed E-state index contributed by atoms with van der Waals surface area (Å²) in [5.74, 6) is 0.815. The second-order valence-electron chi connectivity index (χ2n) is 5.96. The minimum Gasteiger partial charge on any atom is -0.494 e. The zero-order valence-electron chi connectivity index (χ0n) is 14.9. The molecule has 3 rings (SSSR count). The molecule has 1 aliphatic rings. The summed E-state index contributed by atoms with van der Waals surface area (Å²) in [6.07, 6.45) is 0.794. The van der Waals surface area contributed by atoms with Gasteiger partial charge < -0.3 is 10.1 Å². The summed E-state index contributed by atoms with van der Waals surface area (Å²) in [4.78, 5) is 29.9. The number of thioether (sulfide) groups is 2. The van der Waals surface area contributed by atoms with Crippen molar-refractivity contribution in [2.45, 2.75) is 35.6 Å². The van der Waals surface area contributed by atoms with Crippen molar-refractivity contribution in [1.29, 1.82) is 0 Å². The summed E-state index contributed by atoms with van der Waals surface area (Å²) >= 11 is 2.85. The molecule has 0 saturated carbocycles. The van der Waals surface area contributed by atoms with Crippen LogP contribution in [0.2, 0.25) is 0 Å². The van der Waals surface area contributed by atoms with Crippen LogP contribution in [0, 0.1) is 0 Å². The van der Waals surface area contributed by atoms with Crippen LogP contribution in [0.25, 0.3) is 0 Å². The molecule has 1 aromatic heterocycles. The molecule has 1 amide bonds. The topological polar surface area (TPSA) is 73.2 Å². The molecular formula is C18H21N3O3S2. The molecule has 0 bridgehead atoms. The molecule has 26 heavy (non-hydrogen) atoms. The summed E-state index contributed by atoms with van der Waals surface area (Å²) in [5, 5.41) is 3.78. The molecule has 8 heteroatoms. The van der Waals surface area contributed by atoms with E-state index >= 15 is 0 Å². The van der Waals surface area contributed by atoms with Crippen molar-refractivity contribution >= 4 is 35.1 Å². The first-order valence-electron chi connectivity index (χ1n) is 8.40. The van der Waals surface area contributed by atoms with Crippen molar-refractivity contribution in [3.63, 3.8) is 0 Å². The lowest BCUT2D eigenvalue weighted by Gasteiger charge is -2.10. The second kappa shape index (κ2) is 8.18. The van der Waals surface area contributed by atoms with Gasteiger partial charge in [-0.2, -0.15) is 0 Å². The van der Waals surface area contributed by atoms with Crippen LogP contribution < -0.4 is 15.6 Å². The van der Waals surface area contributed by atoms with E-state index in [-0.39, 0.29) is 17.2 Å². The predicted molar refractivity (Wildman–Crippen MR) is 105 cm³/mol. The van der Waals surface area contributed by atoms with Crippen LogP contribution in [-0.4, -0.2) is 33.1 Å². The normalized spacial score (nSPS) is 15.6. The van der Waals surface area contributed by atoms with E-state index in [4.69, 9.17) is 4.74 Å². The Morgan fingerprint density at radius 2 is 2.15 bits per heavy atom. The summed E-state index contributed by atoms with van der Waals surface area (Å²) in [6.45, 7) is 4.61. The maximum Gasteiger partial charge on any atom is 0.267 e. The van der Waals surface area contributed by atoms with Crippen LogP contribution in [0.4, 0.5) is 5.69 Å². The first-order chi connectivity index (χ1) is 12.5. The Morgan fingerprint density at radius 1 is 1.42 bits per heavy atom. The van der Waals surface area contributed by atoms with E-state index < -0.39 is 0 Å². The van der Waals surface area contributed by atoms with Crippen LogP contribution in [-0.2, 0) is 18.3 Å². The molecule has 138 valence electrons. The molecule has 0 fully saturated rings. The number of hydrogen-bond donors (Lipinski definition) is 1. The van der Waals surface area contributed by atoms with Gasteiger partial charge in [0.1, 0.15) is 5.75 Å². The van der Waals surface area contributed by atoms with Crippen molar-refractivity contribution < 1.29 is 9.53 Å². The van der Waals surface area contributed by atoms with E-state index in [2.05, 4.69) is 17.2 Å². The number of carbonyl (C=O) groups excluding carboxylic acids is 1. The highest BCUT2D eigenvalue weighted by Gasteiger charge is 2.25. The number of rotatable bonds is 6. The molecule has 1 N–H and O–H groups in total. The lowest BCUT2D eigenvalue weighted by molar-refractivity contribution is -0.113. The number of nitrogens with one attached hydrogen (secondary N) is 1. The fraction of sp³-hybridized carbons (Fsp3) is 0.389. The molecule has 2 aromatic rings. The third-order valence-electron chi connectivity index (χ3n) is 3.86. The number of aromatic nitrogens is 2. The fourth-order valence-corrected chi connectivity index (χ4v) is 4.56. The van der Waals surface area contributed by atoms with Gasteiger partial charge in [-0.15, -0.1) is 11.8 Å². The second-order valence-corrected chi connectivity index (χ2v) is 8.35. The highest BCUT2D eigenvalue weighted by molar-refractivity contribution is 8.00. The molecule has 0 spiro atoms. The van der Waals surface area contributed by atoms with Gasteiger partial charge >= 0.3 is 0 Å². The number of benzene rings is 1. The van der Waals surface area contributed by atoms with Crippen molar-refractivity contribution in [1.82, 2.24) is 9.55 Å². The zero-order chi connectivity index (χ0) is 18.7. The summed E-state index contributed by atoms with van der Waals surface area (Å²) in [7, 11) is 1.70. The lowest BCUT2D eigenvalue weighted by Crippen LogP contribution is -2.23. The Balaban J connectivity index is 1.62. The minimum absolute atomic E-state index is 0.0289. The van der Waals surface area contributed by atoms with E-state index in [9.17, 15) is 9.59 Å². The third kappa shape index (κ3) is 4.24. The fourth-order valence-electron chi connectivity index (χ4n) is 2.63. The average Bonchev–Trinajstić information content (AvgIpc) is 2.99. The number of amides is 1. The van der Waals surface area contributed by atoms with Gasteiger partial charge in [-0.05, 0) is 31.2 Å². The minimum atomic E-state index is -0.142. The number of anilines is 1. The quantitative estimate of drug-likeness (QED) is 0.603. The third-order valence-corrected chi connectivity index (χ3v) is 6.10. The van der Waals surface area contributed by atoms with E-state index in [0.717, 1.165) is 22.8 Å². The van der Waals surface area contributed by atoms with Gasteiger partial charge in [0.05, 0.1) is 22.9 Å². The Bertz CT molecular complexity index is 865. The van der Waals surface area contributed by atoms with Crippen molar-refractivity contribution in [3.05, 3.63) is 40.3 Å². The molecule has 2 heterocycles. The van der Waals surface area contributed by atoms with Gasteiger partial charge in [0.15, 0.2) is 5.16 Å². The van der Waals surface area contributed by atoms with Crippen LogP contribution >= 0.6 is 23.5 Å². The van der Waals surface area contributed by atoms with Crippen LogP contribution in [0.1, 0.15) is 19.5 Å². The molecule has 0 aliphatic carbocycles. The number of nitrogens with zero attached hydrogens (tertiary/aromatic N) is 2. The van der Waals surface area contributed by atoms with E-state index in [1.807, 2.05) is 19.1 Å². The SMILES string of the molecule is CCOc1ccc(NC(=O)CSc2nc3c(c(=O)n2C)S[C@@H](C)C3)cc1. The Morgan fingerprint density at radius 3 is 2.85 bits per heavy atom. The average molecular weight is 392 g/mol. The van der Waals surface area contributed by atoms with Crippen molar-refractivity contribution in [3.8, 4) is 5.75 Å². The van der Waals surface area contributed by atoms with Gasteiger partial charge in [0, 0.05) is 24.4 Å². The van der Waals surface area contributed by atoms with Crippen LogP contribution in [0.3, 0.4) is 0 Å². The van der Waals surface area contributed by atoms with Crippen LogP contribution in [0.15, 0.2) is 39.1 Å². The van der Waals surface area contributed by atoms with Gasteiger partial charge in [0.2, 0.25) is 5.91 Å². The number of ether oxygens (including phenoxy) is 1. The molecule has 1 aromatic carbocycles. The Labute approximate surface area is 160 Å². The van der Waals surface area contributed by atoms with Gasteiger partial charge in [-0.1, -0.05) is 18.7 Å². The van der Waals surface area contributed by atoms with Gasteiger partial charge in [-0.3, -0.25) is 14.2 Å². The van der Waals surface area contributed by atoms with Crippen molar-refractivity contribution in [2.75, 3.05) is 17.7 Å². The van der Waals surface area contributed by atoms with Crippen molar-refractivity contribution in [2.24, 2.45) is 7.05 Å². The maximum absolute atomic E-state index is 12.4. The first kappa shape index (κ1) is 18.8. The standard InChI is InChI=1S/C18H21N3O3S2/c1-4-24-13-7-5-12(6-8-13)19-15(22)10-25-18-20-14-9-11(2)26-16(14)17(23)21(18)3/h5-8,11H,4,9-10H2,1-3H3,(H,19,22)/t11-/m0/s1. The molecule has 0 unspecified atom stereocenters. The smallest absolute Gasteiger partial charge is 0.267 e. The largest absolute Gasteiger partial charge is 0.494 e. The maximum atomic E-state index is 12.4. The molecule has 1 atom stereocenters. The Kier molecular flexibility index (Phi) is 5.93. The van der Waals surface area contributed by atoms with E-state index in [0.29, 0.717) is 22.7 Å². The highest BCUT2D eigenvalue weighted by Crippen LogP contribution is 2.33. The highest BCUT2D eigenvalue weighted by atomic mass is 32.2. The lowest BCUT2D eigenvalue weighted by atomic mass is 10.2. The number of fused-ring (bicyclic) bond motifs is 1. The zero-order valence-corrected chi connectivity index (χ0v) is 16.6. The monoisotopic (exact) mass is 391 g/mol. The molecule has 6 nitrogen and oxygen atoms in total. The van der Waals surface area contributed by atoms with E-state index in [1.54, 1.807) is 30.9 Å². The molecular weight excluding hydrogens is 370 g/mol. The summed E-state index contributed by atoms with van der Waals surface area (Å²) in [6, 6.07) is 7.23. The van der Waals surface area contributed by atoms with Gasteiger partial charge in [-0.25, -0.2) is 4.98 Å². The number of hydrogen-bond acceptors (Lipinski definition) is 6. The summed E-state index contributed by atoms with van der Waals surface area (Å²) < 4.78 is 6.91. The van der Waals surface area contributed by atoms with Gasteiger partial charge in [0.25, 0.3) is 5.56 Å². The predicted octanol–water partition coefficient (Wildman–Crippen LogP) is 2.95. The van der Waals surface area contributed by atoms with E-state index in [1.165, 1.54) is 16.3 Å². The summed E-state index contributed by atoms with van der Waals surface area (Å²) in [5.41, 5.74) is 1.53. The molecule has 1 aliphatic heterocycles. The Hall–Kier alpha value is -1.93. The number of carbonyl (C=O) groups is 1. The molecule has 0 radical (unpaired) electrons. The molecule has 0 saturated heterocycles. The first-order valence-corrected chi connectivity index (χ1v) is 10.3. The van der Waals surface area contributed by atoms with Crippen LogP contribution in [0.5, 0.6) is 5.75 Å².